The van der Waals surface area contributed by atoms with Crippen molar-refractivity contribution < 1.29 is 4.79 Å². The number of hydrogen-bond donors (Lipinski definition) is 2. The van der Waals surface area contributed by atoms with E-state index >= 15 is 0 Å². The van der Waals surface area contributed by atoms with E-state index in [1.807, 2.05) is 12.1 Å². The molecule has 0 radical (unpaired) electrons. The van der Waals surface area contributed by atoms with Crippen LogP contribution < -0.4 is 11.1 Å². The third kappa shape index (κ3) is 6.17. The molecule has 0 spiro atoms. The molecule has 3 heteroatoms. The van der Waals surface area contributed by atoms with Crippen LogP contribution in [0.2, 0.25) is 0 Å². The highest BCUT2D eigenvalue weighted by atomic mass is 16.1. The van der Waals surface area contributed by atoms with Crippen LogP contribution in [0.1, 0.15) is 49.1 Å². The van der Waals surface area contributed by atoms with Crippen molar-refractivity contribution in [2.45, 2.75) is 38.0 Å². The zero-order valence-corrected chi connectivity index (χ0v) is 14.3. The van der Waals surface area contributed by atoms with Crippen LogP contribution in [0.25, 0.3) is 0 Å². The lowest BCUT2D eigenvalue weighted by Crippen LogP contribution is -2.25. The van der Waals surface area contributed by atoms with E-state index in [1.165, 1.54) is 11.1 Å². The largest absolute Gasteiger partial charge is 0.356 e. The normalized spacial score (nSPS) is 10.8. The summed E-state index contributed by atoms with van der Waals surface area (Å²) in [6.07, 6.45) is 4.45. The number of amides is 1. The number of carbonyl (C=O) groups excluding carboxylic acids is 1. The van der Waals surface area contributed by atoms with E-state index < -0.39 is 0 Å². The van der Waals surface area contributed by atoms with E-state index in [0.717, 1.165) is 25.7 Å². The van der Waals surface area contributed by atoms with Gasteiger partial charge in [-0.1, -0.05) is 67.1 Å². The van der Waals surface area contributed by atoms with Crippen molar-refractivity contribution in [1.29, 1.82) is 0 Å². The lowest BCUT2D eigenvalue weighted by Gasteiger charge is -2.18. The first-order chi connectivity index (χ1) is 11.8. The van der Waals surface area contributed by atoms with Crippen LogP contribution in [0, 0.1) is 0 Å². The topological polar surface area (TPSA) is 55.1 Å². The molecular formula is C21H28N2O. The summed E-state index contributed by atoms with van der Waals surface area (Å²) < 4.78 is 0. The molecule has 0 aliphatic heterocycles. The van der Waals surface area contributed by atoms with Crippen molar-refractivity contribution in [3.63, 3.8) is 0 Å². The second-order valence-corrected chi connectivity index (χ2v) is 6.11. The Morgan fingerprint density at radius 2 is 1.46 bits per heavy atom. The van der Waals surface area contributed by atoms with Gasteiger partial charge >= 0.3 is 0 Å². The lowest BCUT2D eigenvalue weighted by molar-refractivity contribution is -0.121. The Balaban J connectivity index is 1.87. The van der Waals surface area contributed by atoms with Gasteiger partial charge in [-0.3, -0.25) is 4.79 Å². The third-order valence-corrected chi connectivity index (χ3v) is 4.27. The van der Waals surface area contributed by atoms with Gasteiger partial charge in [-0.2, -0.15) is 0 Å². The van der Waals surface area contributed by atoms with Crippen LogP contribution in [-0.2, 0) is 4.79 Å². The van der Waals surface area contributed by atoms with E-state index in [9.17, 15) is 4.79 Å². The van der Waals surface area contributed by atoms with Crippen LogP contribution in [0.5, 0.6) is 0 Å². The molecule has 0 aliphatic rings. The van der Waals surface area contributed by atoms with Crippen molar-refractivity contribution >= 4 is 5.91 Å². The highest BCUT2D eigenvalue weighted by Gasteiger charge is 2.13. The van der Waals surface area contributed by atoms with Crippen LogP contribution in [0.3, 0.4) is 0 Å². The maximum atomic E-state index is 11.9. The number of nitrogens with one attached hydrogen (secondary N) is 1. The first-order valence-corrected chi connectivity index (χ1v) is 8.88. The molecule has 24 heavy (non-hydrogen) atoms. The molecule has 0 saturated carbocycles. The fraction of sp³-hybridized carbons (Fsp3) is 0.381. The van der Waals surface area contributed by atoms with E-state index in [0.29, 0.717) is 25.4 Å². The molecule has 0 unspecified atom stereocenters. The van der Waals surface area contributed by atoms with Gasteiger partial charge in [-0.05, 0) is 36.9 Å². The molecule has 0 saturated heterocycles. The highest BCUT2D eigenvalue weighted by molar-refractivity contribution is 5.75. The second-order valence-electron chi connectivity index (χ2n) is 6.11. The molecule has 0 heterocycles. The number of benzene rings is 2. The molecule has 0 atom stereocenters. The second kappa shape index (κ2) is 10.6. The number of hydrogen-bond acceptors (Lipinski definition) is 2. The predicted octanol–water partition coefficient (Wildman–Crippen LogP) is 3.84. The fourth-order valence-electron chi connectivity index (χ4n) is 2.95. The minimum absolute atomic E-state index is 0.145. The van der Waals surface area contributed by atoms with Crippen molar-refractivity contribution in [2.75, 3.05) is 13.1 Å². The van der Waals surface area contributed by atoms with Gasteiger partial charge in [0.2, 0.25) is 5.91 Å². The summed E-state index contributed by atoms with van der Waals surface area (Å²) in [6, 6.07) is 21.0. The first kappa shape index (κ1) is 18.2. The van der Waals surface area contributed by atoms with Crippen molar-refractivity contribution in [2.24, 2.45) is 5.73 Å². The Hall–Kier alpha value is -2.13. The fourth-order valence-corrected chi connectivity index (χ4v) is 2.95. The molecule has 2 rings (SSSR count). The minimum Gasteiger partial charge on any atom is -0.356 e. The van der Waals surface area contributed by atoms with Crippen LogP contribution in [-0.4, -0.2) is 19.0 Å². The molecule has 1 amide bonds. The summed E-state index contributed by atoms with van der Waals surface area (Å²) in [5.74, 6) is 0.455. The van der Waals surface area contributed by atoms with E-state index in [-0.39, 0.29) is 5.91 Å². The third-order valence-electron chi connectivity index (χ3n) is 4.27. The maximum absolute atomic E-state index is 11.9. The van der Waals surface area contributed by atoms with Gasteiger partial charge in [-0.15, -0.1) is 0 Å². The Morgan fingerprint density at radius 1 is 0.875 bits per heavy atom. The molecule has 2 aromatic carbocycles. The average molecular weight is 324 g/mol. The standard InChI is InChI=1S/C21H28N2O/c22-16-9-3-8-14-21(24)23-17-15-20(18-10-4-1-5-11-18)19-12-6-2-7-13-19/h1-2,4-7,10-13,20H,3,8-9,14-17,22H2,(H,23,24). The molecular weight excluding hydrogens is 296 g/mol. The van der Waals surface area contributed by atoms with Crippen molar-refractivity contribution in [3.8, 4) is 0 Å². The number of rotatable bonds is 10. The molecule has 2 aromatic rings. The summed E-state index contributed by atoms with van der Waals surface area (Å²) in [6.45, 7) is 1.40. The highest BCUT2D eigenvalue weighted by Crippen LogP contribution is 2.27. The zero-order valence-electron chi connectivity index (χ0n) is 14.3. The SMILES string of the molecule is NCCCCCC(=O)NCCC(c1ccccc1)c1ccccc1. The summed E-state index contributed by atoms with van der Waals surface area (Å²) in [7, 11) is 0. The summed E-state index contributed by atoms with van der Waals surface area (Å²) in [4.78, 5) is 11.9. The Morgan fingerprint density at radius 3 is 2.00 bits per heavy atom. The van der Waals surface area contributed by atoms with Gasteiger partial charge in [0, 0.05) is 18.9 Å². The summed E-state index contributed by atoms with van der Waals surface area (Å²) in [5, 5.41) is 3.06. The van der Waals surface area contributed by atoms with Crippen molar-refractivity contribution in [1.82, 2.24) is 5.32 Å². The molecule has 0 aromatic heterocycles. The molecule has 128 valence electrons. The number of carbonyl (C=O) groups is 1. The molecule has 0 fully saturated rings. The van der Waals surface area contributed by atoms with Gasteiger partial charge in [0.05, 0.1) is 0 Å². The smallest absolute Gasteiger partial charge is 0.219 e. The van der Waals surface area contributed by atoms with Gasteiger partial charge in [-0.25, -0.2) is 0 Å². The molecule has 3 nitrogen and oxygen atoms in total. The lowest BCUT2D eigenvalue weighted by atomic mass is 9.88. The summed E-state index contributed by atoms with van der Waals surface area (Å²) >= 11 is 0. The van der Waals surface area contributed by atoms with Crippen LogP contribution in [0.15, 0.2) is 60.7 Å². The maximum Gasteiger partial charge on any atom is 0.219 e. The quantitative estimate of drug-likeness (QED) is 0.652. The van der Waals surface area contributed by atoms with Crippen LogP contribution in [0.4, 0.5) is 0 Å². The first-order valence-electron chi connectivity index (χ1n) is 8.88. The monoisotopic (exact) mass is 324 g/mol. The Kier molecular flexibility index (Phi) is 8.05. The Labute approximate surface area is 145 Å². The molecule has 0 aliphatic carbocycles. The van der Waals surface area contributed by atoms with E-state index in [2.05, 4.69) is 53.8 Å². The zero-order chi connectivity index (χ0) is 17.0. The minimum atomic E-state index is 0.145. The molecule has 3 N–H and O–H groups in total. The number of nitrogens with two attached hydrogens (primary N) is 1. The number of unbranched alkanes of at least 4 members (excludes halogenated alkanes) is 2. The molecule has 0 bridgehead atoms. The summed E-state index contributed by atoms with van der Waals surface area (Å²) in [5.41, 5.74) is 8.05. The van der Waals surface area contributed by atoms with E-state index in [4.69, 9.17) is 5.73 Å². The average Bonchev–Trinajstić information content (AvgIpc) is 2.64. The van der Waals surface area contributed by atoms with Crippen LogP contribution >= 0.6 is 0 Å². The van der Waals surface area contributed by atoms with Gasteiger partial charge < -0.3 is 11.1 Å². The van der Waals surface area contributed by atoms with Gasteiger partial charge in [0.1, 0.15) is 0 Å². The van der Waals surface area contributed by atoms with Crippen molar-refractivity contribution in [3.05, 3.63) is 71.8 Å². The van der Waals surface area contributed by atoms with Gasteiger partial charge in [0.15, 0.2) is 0 Å². The predicted molar refractivity (Wildman–Crippen MR) is 99.9 cm³/mol. The van der Waals surface area contributed by atoms with E-state index in [1.54, 1.807) is 0 Å². The van der Waals surface area contributed by atoms with Gasteiger partial charge in [0.25, 0.3) is 0 Å². The Bertz CT molecular complexity index is 544.